The molecular formula is C36H39BO2. The molecule has 4 rings (SSSR count). The van der Waals surface area contributed by atoms with Crippen molar-refractivity contribution in [1.29, 1.82) is 0 Å². The van der Waals surface area contributed by atoms with Gasteiger partial charge in [-0.05, 0) is 79.5 Å². The Morgan fingerprint density at radius 2 is 1.26 bits per heavy atom. The van der Waals surface area contributed by atoms with Gasteiger partial charge in [-0.1, -0.05) is 127 Å². The van der Waals surface area contributed by atoms with Crippen LogP contribution in [0.4, 0.5) is 0 Å². The van der Waals surface area contributed by atoms with Crippen molar-refractivity contribution in [3.05, 3.63) is 144 Å². The molecule has 0 radical (unpaired) electrons. The van der Waals surface area contributed by atoms with E-state index in [1.165, 1.54) is 27.8 Å². The molecule has 0 fully saturated rings. The molecule has 0 saturated carbocycles. The summed E-state index contributed by atoms with van der Waals surface area (Å²) < 4.78 is 6.14. The number of hydrogen-bond acceptors (Lipinski definition) is 2. The largest absolute Gasteiger partial charge is 0.427 e. The van der Waals surface area contributed by atoms with E-state index >= 15 is 0 Å². The van der Waals surface area contributed by atoms with Crippen molar-refractivity contribution in [2.75, 3.05) is 0 Å². The number of rotatable bonds is 11. The molecule has 2 nitrogen and oxygen atoms in total. The molecule has 1 N–H and O–H groups in total. The SMILES string of the molecule is C=C(/C(=C(\CCc1cccc(BOC(C)(C)C(C)(C)O)c1)c1ccccc1)c1ccccc1)c1ccccc1. The van der Waals surface area contributed by atoms with E-state index in [0.29, 0.717) is 7.48 Å². The Morgan fingerprint density at radius 3 is 1.82 bits per heavy atom. The third-order valence-electron chi connectivity index (χ3n) is 7.64. The molecule has 0 amide bonds. The summed E-state index contributed by atoms with van der Waals surface area (Å²) in [4.78, 5) is 0. The first-order valence-corrected chi connectivity index (χ1v) is 13.7. The number of aryl methyl sites for hydroxylation is 1. The Labute approximate surface area is 235 Å². The van der Waals surface area contributed by atoms with E-state index in [0.717, 1.165) is 29.4 Å². The lowest BCUT2D eigenvalue weighted by molar-refractivity contribution is -0.0893. The summed E-state index contributed by atoms with van der Waals surface area (Å²) in [6, 6.07) is 40.3. The van der Waals surface area contributed by atoms with E-state index in [1.807, 2.05) is 19.9 Å². The summed E-state index contributed by atoms with van der Waals surface area (Å²) in [5.41, 5.74) is 7.75. The van der Waals surface area contributed by atoms with Gasteiger partial charge >= 0.3 is 7.48 Å². The maximum absolute atomic E-state index is 10.5. The van der Waals surface area contributed by atoms with Crippen molar-refractivity contribution >= 4 is 29.7 Å². The van der Waals surface area contributed by atoms with Gasteiger partial charge in [-0.15, -0.1) is 0 Å². The zero-order chi connectivity index (χ0) is 27.9. The second-order valence-corrected chi connectivity index (χ2v) is 11.1. The molecule has 39 heavy (non-hydrogen) atoms. The zero-order valence-electron chi connectivity index (χ0n) is 23.7. The smallest absolute Gasteiger partial charge is 0.309 e. The number of hydrogen-bond donors (Lipinski definition) is 1. The van der Waals surface area contributed by atoms with Gasteiger partial charge in [-0.3, -0.25) is 0 Å². The lowest BCUT2D eigenvalue weighted by Crippen LogP contribution is -2.49. The summed E-state index contributed by atoms with van der Waals surface area (Å²) in [6.45, 7) is 12.0. The summed E-state index contributed by atoms with van der Waals surface area (Å²) in [7, 11) is 0.451. The van der Waals surface area contributed by atoms with E-state index in [9.17, 15) is 5.11 Å². The topological polar surface area (TPSA) is 29.5 Å². The van der Waals surface area contributed by atoms with Crippen LogP contribution in [0.5, 0.6) is 0 Å². The first-order chi connectivity index (χ1) is 18.7. The minimum atomic E-state index is -0.936. The molecule has 0 aliphatic heterocycles. The van der Waals surface area contributed by atoms with Crippen LogP contribution in [0.15, 0.2) is 122 Å². The average Bonchev–Trinajstić information content (AvgIpc) is 2.95. The molecule has 0 saturated heterocycles. The standard InChI is InChI=1S/C36H39BO2/c1-27(29-17-9-6-10-18-29)34(31-21-13-8-14-22-31)33(30-19-11-7-12-20-30)25-24-28-16-15-23-32(26-28)37-39-36(4,5)35(2,3)38/h6-23,26,37-38H,1,24-25H2,2-5H3/b34-33-. The van der Waals surface area contributed by atoms with Gasteiger partial charge in [0.2, 0.25) is 0 Å². The van der Waals surface area contributed by atoms with Crippen LogP contribution in [0.2, 0.25) is 0 Å². The maximum atomic E-state index is 10.5. The summed E-state index contributed by atoms with van der Waals surface area (Å²) in [5.74, 6) is 0. The van der Waals surface area contributed by atoms with Gasteiger partial charge in [0.1, 0.15) is 0 Å². The maximum Gasteiger partial charge on any atom is 0.309 e. The Morgan fingerprint density at radius 1 is 0.718 bits per heavy atom. The van der Waals surface area contributed by atoms with Crippen molar-refractivity contribution in [3.63, 3.8) is 0 Å². The number of aliphatic hydroxyl groups is 1. The normalized spacial score (nSPS) is 12.5. The van der Waals surface area contributed by atoms with Crippen LogP contribution >= 0.6 is 0 Å². The summed E-state index contributed by atoms with van der Waals surface area (Å²) in [6.07, 6.45) is 1.74. The number of allylic oxidation sites excluding steroid dienone is 3. The van der Waals surface area contributed by atoms with Gasteiger partial charge in [0.25, 0.3) is 0 Å². The molecule has 4 aromatic rings. The minimum Gasteiger partial charge on any atom is -0.427 e. The third-order valence-corrected chi connectivity index (χ3v) is 7.64. The quantitative estimate of drug-likeness (QED) is 0.128. The van der Waals surface area contributed by atoms with Crippen LogP contribution in [0, 0.1) is 0 Å². The molecule has 3 heteroatoms. The Hall–Kier alpha value is -3.66. The fourth-order valence-electron chi connectivity index (χ4n) is 4.56. The second-order valence-electron chi connectivity index (χ2n) is 11.1. The van der Waals surface area contributed by atoms with Crippen LogP contribution in [0.1, 0.15) is 56.4 Å². The van der Waals surface area contributed by atoms with Gasteiger partial charge in [-0.2, -0.15) is 0 Å². The van der Waals surface area contributed by atoms with Gasteiger partial charge in [0.05, 0.1) is 11.2 Å². The van der Waals surface area contributed by atoms with E-state index in [-0.39, 0.29) is 0 Å². The zero-order valence-corrected chi connectivity index (χ0v) is 23.7. The van der Waals surface area contributed by atoms with Crippen LogP contribution in [0.3, 0.4) is 0 Å². The van der Waals surface area contributed by atoms with Gasteiger partial charge < -0.3 is 9.76 Å². The molecule has 0 spiro atoms. The predicted octanol–water partition coefficient (Wildman–Crippen LogP) is 7.49. The van der Waals surface area contributed by atoms with Gasteiger partial charge in [0, 0.05) is 0 Å². The van der Waals surface area contributed by atoms with Gasteiger partial charge in [-0.25, -0.2) is 0 Å². The van der Waals surface area contributed by atoms with Crippen LogP contribution < -0.4 is 5.46 Å². The molecule has 198 valence electrons. The van der Waals surface area contributed by atoms with Crippen molar-refractivity contribution < 1.29 is 9.76 Å². The number of benzene rings is 4. The predicted molar refractivity (Wildman–Crippen MR) is 168 cm³/mol. The van der Waals surface area contributed by atoms with Gasteiger partial charge in [0.15, 0.2) is 0 Å². The second kappa shape index (κ2) is 12.5. The molecule has 0 atom stereocenters. The van der Waals surface area contributed by atoms with E-state index < -0.39 is 11.2 Å². The molecule has 0 aliphatic carbocycles. The molecule has 0 unspecified atom stereocenters. The minimum absolute atomic E-state index is 0.451. The van der Waals surface area contributed by atoms with Crippen molar-refractivity contribution in [2.45, 2.75) is 51.7 Å². The highest BCUT2D eigenvalue weighted by Gasteiger charge is 2.35. The Balaban J connectivity index is 1.69. The van der Waals surface area contributed by atoms with E-state index in [2.05, 4.69) is 116 Å². The molecule has 0 aromatic heterocycles. The van der Waals surface area contributed by atoms with E-state index in [4.69, 9.17) is 4.65 Å². The highest BCUT2D eigenvalue weighted by atomic mass is 16.5. The van der Waals surface area contributed by atoms with E-state index in [1.54, 1.807) is 13.8 Å². The Bertz CT molecular complexity index is 1400. The third kappa shape index (κ3) is 7.26. The van der Waals surface area contributed by atoms with Crippen LogP contribution in [0.25, 0.3) is 16.7 Å². The first kappa shape index (κ1) is 28.4. The molecular weight excluding hydrogens is 475 g/mol. The highest BCUT2D eigenvalue weighted by Crippen LogP contribution is 2.38. The van der Waals surface area contributed by atoms with Crippen LogP contribution in [-0.2, 0) is 11.1 Å². The lowest BCUT2D eigenvalue weighted by Gasteiger charge is -2.37. The summed E-state index contributed by atoms with van der Waals surface area (Å²) in [5, 5.41) is 10.5. The Kier molecular flexibility index (Phi) is 9.06. The monoisotopic (exact) mass is 514 g/mol. The lowest BCUT2D eigenvalue weighted by atomic mass is 9.81. The molecule has 0 aliphatic rings. The fourth-order valence-corrected chi connectivity index (χ4v) is 4.56. The van der Waals surface area contributed by atoms with Crippen molar-refractivity contribution in [1.82, 2.24) is 0 Å². The molecule has 4 aromatic carbocycles. The van der Waals surface area contributed by atoms with Crippen molar-refractivity contribution in [3.8, 4) is 0 Å². The molecule has 0 heterocycles. The van der Waals surface area contributed by atoms with Crippen LogP contribution in [-0.4, -0.2) is 23.8 Å². The molecule has 0 bridgehead atoms. The van der Waals surface area contributed by atoms with Crippen molar-refractivity contribution in [2.24, 2.45) is 0 Å². The average molecular weight is 515 g/mol. The fraction of sp³-hybridized carbons (Fsp3) is 0.222. The summed E-state index contributed by atoms with van der Waals surface area (Å²) >= 11 is 0. The highest BCUT2D eigenvalue weighted by molar-refractivity contribution is 6.47. The first-order valence-electron chi connectivity index (χ1n) is 13.7.